The summed E-state index contributed by atoms with van der Waals surface area (Å²) in [7, 11) is 0. The summed E-state index contributed by atoms with van der Waals surface area (Å²) in [4.78, 5) is 18.7. The highest BCUT2D eigenvalue weighted by Crippen LogP contribution is 2.28. The van der Waals surface area contributed by atoms with Gasteiger partial charge in [0.25, 0.3) is 0 Å². The molecule has 2 aromatic heterocycles. The van der Waals surface area contributed by atoms with Crippen molar-refractivity contribution >= 4 is 6.03 Å². The minimum atomic E-state index is -0.0205. The molecule has 0 aliphatic heterocycles. The van der Waals surface area contributed by atoms with Gasteiger partial charge in [0.05, 0.1) is 18.8 Å². The molecule has 0 aromatic carbocycles. The third-order valence-corrected chi connectivity index (χ3v) is 3.70. The number of carbonyl (C=O) groups excluding carboxylic acids is 1. The number of pyridine rings is 1. The van der Waals surface area contributed by atoms with Gasteiger partial charge >= 0.3 is 6.03 Å². The fraction of sp³-hybridized carbons (Fsp3) is 0.438. The Hall–Kier alpha value is -2.37. The van der Waals surface area contributed by atoms with Crippen molar-refractivity contribution < 1.29 is 4.79 Å². The Morgan fingerprint density at radius 1 is 1.41 bits per heavy atom. The molecular weight excluding hydrogens is 278 g/mol. The van der Waals surface area contributed by atoms with Gasteiger partial charge in [-0.1, -0.05) is 6.07 Å². The fourth-order valence-electron chi connectivity index (χ4n) is 2.45. The highest BCUT2D eigenvalue weighted by Gasteiger charge is 2.33. The van der Waals surface area contributed by atoms with E-state index in [1.165, 1.54) is 0 Å². The minimum absolute atomic E-state index is 0.0205. The van der Waals surface area contributed by atoms with Crippen molar-refractivity contribution in [3.8, 4) is 0 Å². The molecule has 2 aromatic rings. The van der Waals surface area contributed by atoms with Crippen molar-refractivity contribution in [3.63, 3.8) is 0 Å². The van der Waals surface area contributed by atoms with E-state index < -0.39 is 0 Å². The van der Waals surface area contributed by atoms with Gasteiger partial charge in [0.15, 0.2) is 0 Å². The van der Waals surface area contributed by atoms with E-state index in [1.54, 1.807) is 12.4 Å². The molecule has 1 N–H and O–H groups in total. The average molecular weight is 299 g/mol. The van der Waals surface area contributed by atoms with Crippen molar-refractivity contribution in [1.82, 2.24) is 25.0 Å². The van der Waals surface area contributed by atoms with Gasteiger partial charge in [-0.3, -0.25) is 9.67 Å². The Balaban J connectivity index is 1.58. The lowest BCUT2D eigenvalue weighted by Gasteiger charge is -2.25. The molecule has 22 heavy (non-hydrogen) atoms. The van der Waals surface area contributed by atoms with Gasteiger partial charge < -0.3 is 10.2 Å². The van der Waals surface area contributed by atoms with Crippen LogP contribution in [0.5, 0.6) is 0 Å². The quantitative estimate of drug-likeness (QED) is 0.888. The molecule has 0 spiro atoms. The first-order valence-corrected chi connectivity index (χ1v) is 7.67. The van der Waals surface area contributed by atoms with Gasteiger partial charge in [-0.2, -0.15) is 5.10 Å². The molecule has 1 aliphatic carbocycles. The van der Waals surface area contributed by atoms with Crippen LogP contribution in [0.2, 0.25) is 0 Å². The van der Waals surface area contributed by atoms with Gasteiger partial charge in [-0.25, -0.2) is 4.79 Å². The zero-order chi connectivity index (χ0) is 15.4. The van der Waals surface area contributed by atoms with Crippen LogP contribution in [-0.2, 0) is 13.1 Å². The molecule has 0 unspecified atom stereocenters. The van der Waals surface area contributed by atoms with E-state index in [9.17, 15) is 4.79 Å². The standard InChI is InChI=1S/C16H21N5O/c1-13(11-20-10-4-9-18-20)19-16(22)21(15-6-7-15)12-14-5-2-3-8-17-14/h2-5,8-10,13,15H,6-7,11-12H2,1H3,(H,19,22)/t13-/m0/s1. The molecule has 2 amide bonds. The first-order chi connectivity index (χ1) is 10.7. The lowest BCUT2D eigenvalue weighted by molar-refractivity contribution is 0.186. The zero-order valence-electron chi connectivity index (χ0n) is 12.7. The summed E-state index contributed by atoms with van der Waals surface area (Å²) in [6, 6.07) is 8.02. The van der Waals surface area contributed by atoms with Gasteiger partial charge in [-0.05, 0) is 38.0 Å². The normalized spacial score (nSPS) is 15.3. The van der Waals surface area contributed by atoms with Gasteiger partial charge in [-0.15, -0.1) is 0 Å². The second-order valence-electron chi connectivity index (χ2n) is 5.76. The van der Waals surface area contributed by atoms with Gasteiger partial charge in [0.1, 0.15) is 0 Å². The Kier molecular flexibility index (Phi) is 4.37. The molecule has 0 radical (unpaired) electrons. The Bertz CT molecular complexity index is 594. The third-order valence-electron chi connectivity index (χ3n) is 3.70. The number of nitrogens with zero attached hydrogens (tertiary/aromatic N) is 4. The topological polar surface area (TPSA) is 63.1 Å². The van der Waals surface area contributed by atoms with Crippen LogP contribution in [0.25, 0.3) is 0 Å². The molecule has 116 valence electrons. The van der Waals surface area contributed by atoms with E-state index in [4.69, 9.17) is 0 Å². The summed E-state index contributed by atoms with van der Waals surface area (Å²) < 4.78 is 1.82. The van der Waals surface area contributed by atoms with Crippen LogP contribution in [0.4, 0.5) is 4.79 Å². The van der Waals surface area contributed by atoms with E-state index in [-0.39, 0.29) is 12.1 Å². The monoisotopic (exact) mass is 299 g/mol. The zero-order valence-corrected chi connectivity index (χ0v) is 12.7. The van der Waals surface area contributed by atoms with Gasteiger partial charge in [0, 0.05) is 30.7 Å². The van der Waals surface area contributed by atoms with E-state index >= 15 is 0 Å². The maximum atomic E-state index is 12.5. The Labute approximate surface area is 130 Å². The molecule has 6 heteroatoms. The number of hydrogen-bond acceptors (Lipinski definition) is 3. The number of hydrogen-bond donors (Lipinski definition) is 1. The predicted molar refractivity (Wildman–Crippen MR) is 83.0 cm³/mol. The van der Waals surface area contributed by atoms with E-state index in [0.717, 1.165) is 18.5 Å². The first-order valence-electron chi connectivity index (χ1n) is 7.67. The predicted octanol–water partition coefficient (Wildman–Crippen LogP) is 2.04. The fourth-order valence-corrected chi connectivity index (χ4v) is 2.45. The molecule has 0 saturated heterocycles. The minimum Gasteiger partial charge on any atom is -0.334 e. The second-order valence-corrected chi connectivity index (χ2v) is 5.76. The van der Waals surface area contributed by atoms with Crippen molar-refractivity contribution in [2.75, 3.05) is 0 Å². The molecule has 1 saturated carbocycles. The molecule has 0 bridgehead atoms. The maximum Gasteiger partial charge on any atom is 0.318 e. The summed E-state index contributed by atoms with van der Waals surface area (Å²) >= 11 is 0. The summed E-state index contributed by atoms with van der Waals surface area (Å²) in [5.41, 5.74) is 0.921. The maximum absolute atomic E-state index is 12.5. The Morgan fingerprint density at radius 3 is 2.91 bits per heavy atom. The lowest BCUT2D eigenvalue weighted by Crippen LogP contribution is -2.46. The van der Waals surface area contributed by atoms with Crippen molar-refractivity contribution in [2.24, 2.45) is 0 Å². The molecule has 3 rings (SSSR count). The largest absolute Gasteiger partial charge is 0.334 e. The van der Waals surface area contributed by atoms with Crippen molar-refractivity contribution in [2.45, 2.75) is 44.9 Å². The van der Waals surface area contributed by atoms with E-state index in [1.807, 2.05) is 47.0 Å². The van der Waals surface area contributed by atoms with E-state index in [0.29, 0.717) is 19.1 Å². The smallest absolute Gasteiger partial charge is 0.318 e. The number of aromatic nitrogens is 3. The van der Waals surface area contributed by atoms with Crippen molar-refractivity contribution in [1.29, 1.82) is 0 Å². The summed E-state index contributed by atoms with van der Waals surface area (Å²) in [5.74, 6) is 0. The van der Waals surface area contributed by atoms with Crippen LogP contribution in [0.1, 0.15) is 25.5 Å². The number of nitrogens with one attached hydrogen (secondary N) is 1. The summed E-state index contributed by atoms with van der Waals surface area (Å²) in [5, 5.41) is 7.22. The highest BCUT2D eigenvalue weighted by molar-refractivity contribution is 5.75. The Morgan fingerprint density at radius 2 is 2.27 bits per heavy atom. The molecule has 6 nitrogen and oxygen atoms in total. The van der Waals surface area contributed by atoms with Crippen LogP contribution in [0, 0.1) is 0 Å². The van der Waals surface area contributed by atoms with Crippen LogP contribution >= 0.6 is 0 Å². The molecular formula is C16H21N5O. The molecule has 2 heterocycles. The number of urea groups is 1. The second kappa shape index (κ2) is 6.60. The van der Waals surface area contributed by atoms with Crippen molar-refractivity contribution in [3.05, 3.63) is 48.5 Å². The number of amides is 2. The summed E-state index contributed by atoms with van der Waals surface area (Å²) in [6.45, 7) is 3.22. The summed E-state index contributed by atoms with van der Waals surface area (Å²) in [6.07, 6.45) is 7.56. The third kappa shape index (κ3) is 3.84. The van der Waals surface area contributed by atoms with Crippen LogP contribution in [-0.4, -0.2) is 37.8 Å². The number of carbonyl (C=O) groups is 1. The lowest BCUT2D eigenvalue weighted by atomic mass is 10.3. The van der Waals surface area contributed by atoms with Crippen LogP contribution in [0.15, 0.2) is 42.9 Å². The molecule has 1 aliphatic rings. The number of rotatable bonds is 6. The molecule has 1 fully saturated rings. The van der Waals surface area contributed by atoms with Crippen LogP contribution < -0.4 is 5.32 Å². The SMILES string of the molecule is C[C@@H](Cn1cccn1)NC(=O)N(Cc1ccccn1)C1CC1. The first kappa shape index (κ1) is 14.6. The van der Waals surface area contributed by atoms with Gasteiger partial charge in [0.2, 0.25) is 0 Å². The molecule has 1 atom stereocenters. The van der Waals surface area contributed by atoms with Crippen LogP contribution in [0.3, 0.4) is 0 Å². The highest BCUT2D eigenvalue weighted by atomic mass is 16.2. The average Bonchev–Trinajstić information content (AvgIpc) is 3.23. The van der Waals surface area contributed by atoms with E-state index in [2.05, 4.69) is 15.4 Å².